The van der Waals surface area contributed by atoms with Crippen LogP contribution in [0.4, 0.5) is 4.39 Å². The first-order valence-corrected chi connectivity index (χ1v) is 13.1. The van der Waals surface area contributed by atoms with Gasteiger partial charge in [-0.2, -0.15) is 5.10 Å². The monoisotopic (exact) mass is 548 g/mol. The van der Waals surface area contributed by atoms with E-state index in [-0.39, 0.29) is 11.9 Å². The first-order chi connectivity index (χ1) is 17.4. The number of rotatable bonds is 12. The van der Waals surface area contributed by atoms with Crippen LogP contribution in [0, 0.1) is 12.7 Å². The summed E-state index contributed by atoms with van der Waals surface area (Å²) in [7, 11) is 0. The van der Waals surface area contributed by atoms with Crippen molar-refractivity contribution < 1.29 is 4.39 Å². The molecule has 0 radical (unpaired) electrons. The lowest BCUT2D eigenvalue weighted by molar-refractivity contribution is 0.627. The molecule has 36 heavy (non-hydrogen) atoms. The summed E-state index contributed by atoms with van der Waals surface area (Å²) in [6, 6.07) is 10.3. The fourth-order valence-corrected chi connectivity index (χ4v) is 4.41. The molecule has 1 unspecified atom stereocenters. The van der Waals surface area contributed by atoms with Gasteiger partial charge < -0.3 is 0 Å². The van der Waals surface area contributed by atoms with Gasteiger partial charge in [0, 0.05) is 28.7 Å². The molecular weight excluding hydrogens is 515 g/mol. The lowest BCUT2D eigenvalue weighted by Gasteiger charge is -2.17. The molecule has 0 aliphatic heterocycles. The first kappa shape index (κ1) is 27.5. The van der Waals surface area contributed by atoms with Crippen molar-refractivity contribution in [1.29, 1.82) is 0 Å². The minimum absolute atomic E-state index is 0.0754. The van der Waals surface area contributed by atoms with Crippen molar-refractivity contribution in [3.8, 4) is 5.69 Å². The molecule has 0 spiro atoms. The van der Waals surface area contributed by atoms with Gasteiger partial charge in [0.2, 0.25) is 0 Å². The minimum Gasteiger partial charge on any atom is -0.281 e. The van der Waals surface area contributed by atoms with Crippen LogP contribution in [0.3, 0.4) is 0 Å². The zero-order valence-corrected chi connectivity index (χ0v) is 22.9. The maximum atomic E-state index is 13.5. The number of hydrogen-bond donors (Lipinski definition) is 0. The van der Waals surface area contributed by atoms with Crippen molar-refractivity contribution in [2.24, 2.45) is 4.99 Å². The average molecular weight is 550 g/mol. The molecule has 0 saturated carbocycles. The van der Waals surface area contributed by atoms with Crippen molar-refractivity contribution in [2.75, 3.05) is 0 Å². The van der Waals surface area contributed by atoms with Gasteiger partial charge in [0.05, 0.1) is 17.9 Å². The number of benzene rings is 1. The number of pyridine rings is 1. The van der Waals surface area contributed by atoms with Gasteiger partial charge in [-0.3, -0.25) is 4.99 Å². The lowest BCUT2D eigenvalue weighted by Crippen LogP contribution is -2.08. The Kier molecular flexibility index (Phi) is 10.1. The topological polar surface area (TPSA) is 43.1 Å². The summed E-state index contributed by atoms with van der Waals surface area (Å²) < 4.78 is 16.1. The Balaban J connectivity index is 2.14. The summed E-state index contributed by atoms with van der Waals surface area (Å²) in [6.07, 6.45) is 12.0. The van der Waals surface area contributed by atoms with Gasteiger partial charge in [-0.25, -0.2) is 14.1 Å². The fourth-order valence-electron chi connectivity index (χ4n) is 4.03. The van der Waals surface area contributed by atoms with Crippen molar-refractivity contribution in [3.05, 3.63) is 107 Å². The second kappa shape index (κ2) is 13.3. The van der Waals surface area contributed by atoms with Gasteiger partial charge in [-0.15, -0.1) is 6.58 Å². The maximum Gasteiger partial charge on any atom is 0.123 e. The average Bonchev–Trinajstić information content (AvgIpc) is 3.25. The number of allylic oxidation sites excluding steroid dienone is 3. The SMILES string of the molecule is C=CCC(N=C(CCC)/C(=C/CC(=C)CC)c1cnn(-c2ccc(F)cc2)c1C)c1ccnc(Br)c1. The van der Waals surface area contributed by atoms with Crippen molar-refractivity contribution in [1.82, 2.24) is 14.8 Å². The van der Waals surface area contributed by atoms with Gasteiger partial charge in [0.1, 0.15) is 10.4 Å². The van der Waals surface area contributed by atoms with Gasteiger partial charge in [0.25, 0.3) is 0 Å². The molecule has 2 aromatic heterocycles. The highest BCUT2D eigenvalue weighted by atomic mass is 79.9. The second-order valence-corrected chi connectivity index (χ2v) is 9.55. The van der Waals surface area contributed by atoms with Gasteiger partial charge in [0.15, 0.2) is 0 Å². The Hall–Kier alpha value is -3.12. The summed E-state index contributed by atoms with van der Waals surface area (Å²) in [6.45, 7) is 14.5. The van der Waals surface area contributed by atoms with Crippen LogP contribution in [0.1, 0.15) is 68.8 Å². The van der Waals surface area contributed by atoms with Crippen molar-refractivity contribution in [2.45, 2.75) is 58.9 Å². The first-order valence-electron chi connectivity index (χ1n) is 12.3. The van der Waals surface area contributed by atoms with E-state index in [0.29, 0.717) is 6.42 Å². The van der Waals surface area contributed by atoms with E-state index in [0.717, 1.165) is 69.7 Å². The van der Waals surface area contributed by atoms with Crippen molar-refractivity contribution >= 4 is 27.2 Å². The molecule has 0 N–H and O–H groups in total. The molecule has 0 bridgehead atoms. The van der Waals surface area contributed by atoms with E-state index in [2.05, 4.69) is 59.1 Å². The normalized spacial score (nSPS) is 13.0. The van der Waals surface area contributed by atoms with Crippen molar-refractivity contribution in [3.63, 3.8) is 0 Å². The van der Waals surface area contributed by atoms with Crippen LogP contribution in [0.15, 0.2) is 89.3 Å². The van der Waals surface area contributed by atoms with E-state index in [1.807, 2.05) is 36.0 Å². The maximum absolute atomic E-state index is 13.5. The number of nitrogens with zero attached hydrogens (tertiary/aromatic N) is 4. The lowest BCUT2D eigenvalue weighted by atomic mass is 9.95. The zero-order valence-electron chi connectivity index (χ0n) is 21.3. The molecule has 0 saturated heterocycles. The number of hydrogen-bond acceptors (Lipinski definition) is 3. The zero-order chi connectivity index (χ0) is 26.1. The summed E-state index contributed by atoms with van der Waals surface area (Å²) in [5.74, 6) is -0.268. The molecular formula is C30H34BrFN4. The molecule has 3 aromatic rings. The van der Waals surface area contributed by atoms with E-state index in [4.69, 9.17) is 4.99 Å². The quantitative estimate of drug-likeness (QED) is 0.129. The Morgan fingerprint density at radius 2 is 1.97 bits per heavy atom. The van der Waals surface area contributed by atoms with Crippen LogP contribution in [0.25, 0.3) is 11.3 Å². The Morgan fingerprint density at radius 3 is 2.61 bits per heavy atom. The minimum atomic E-state index is -0.268. The van der Waals surface area contributed by atoms with E-state index < -0.39 is 0 Å². The Labute approximate surface area is 222 Å². The van der Waals surface area contributed by atoms with Crippen LogP contribution in [0.5, 0.6) is 0 Å². The summed E-state index contributed by atoms with van der Waals surface area (Å²) in [4.78, 5) is 9.57. The summed E-state index contributed by atoms with van der Waals surface area (Å²) >= 11 is 3.49. The van der Waals surface area contributed by atoms with E-state index in [1.54, 1.807) is 18.3 Å². The Bertz CT molecular complexity index is 1250. The second-order valence-electron chi connectivity index (χ2n) is 8.74. The molecule has 3 rings (SSSR count). The van der Waals surface area contributed by atoms with Crippen LogP contribution >= 0.6 is 15.9 Å². The third kappa shape index (κ3) is 6.97. The third-order valence-corrected chi connectivity index (χ3v) is 6.53. The highest BCUT2D eigenvalue weighted by Crippen LogP contribution is 2.30. The molecule has 2 heterocycles. The van der Waals surface area contributed by atoms with E-state index >= 15 is 0 Å². The van der Waals surface area contributed by atoms with Crippen LogP contribution in [-0.2, 0) is 0 Å². The molecule has 4 nitrogen and oxygen atoms in total. The highest BCUT2D eigenvalue weighted by molar-refractivity contribution is 9.10. The summed E-state index contributed by atoms with van der Waals surface area (Å²) in [5, 5.41) is 4.66. The number of halogens is 2. The van der Waals surface area contributed by atoms with Crippen LogP contribution in [0.2, 0.25) is 0 Å². The number of aromatic nitrogens is 3. The third-order valence-electron chi connectivity index (χ3n) is 6.10. The molecule has 1 atom stereocenters. The van der Waals surface area contributed by atoms with Crippen LogP contribution < -0.4 is 0 Å². The van der Waals surface area contributed by atoms with E-state index in [1.165, 1.54) is 12.1 Å². The van der Waals surface area contributed by atoms with Gasteiger partial charge >= 0.3 is 0 Å². The standard InChI is InChI=1S/C30H34BrFN4/c1-6-9-28(23-17-18-33-30(31)19-23)35-29(10-7-2)26(16-11-21(4)8-3)27-20-34-36(22(27)5)25-14-12-24(32)13-15-25/h6,12-20,28H,1,4,7-11H2,2-3,5H3/b26-16+,35-29?. The highest BCUT2D eigenvalue weighted by Gasteiger charge is 2.19. The molecule has 0 amide bonds. The molecule has 0 aliphatic carbocycles. The predicted molar refractivity (Wildman–Crippen MR) is 152 cm³/mol. The molecule has 0 aliphatic rings. The van der Waals surface area contributed by atoms with Gasteiger partial charge in [-0.05, 0) is 90.5 Å². The molecule has 0 fully saturated rings. The smallest absolute Gasteiger partial charge is 0.123 e. The number of aliphatic imine (C=N–C) groups is 1. The molecule has 6 heteroatoms. The largest absolute Gasteiger partial charge is 0.281 e. The molecule has 188 valence electrons. The predicted octanol–water partition coefficient (Wildman–Crippen LogP) is 8.78. The van der Waals surface area contributed by atoms with Gasteiger partial charge in [-0.1, -0.05) is 44.6 Å². The van der Waals surface area contributed by atoms with E-state index in [9.17, 15) is 4.39 Å². The summed E-state index contributed by atoms with van der Waals surface area (Å²) in [5.41, 5.74) is 7.16. The van der Waals surface area contributed by atoms with Crippen LogP contribution in [-0.4, -0.2) is 20.5 Å². The molecule has 1 aromatic carbocycles. The Morgan fingerprint density at radius 1 is 1.22 bits per heavy atom. The fraction of sp³-hybridized carbons (Fsp3) is 0.300.